The van der Waals surface area contributed by atoms with Gasteiger partial charge >= 0.3 is 0 Å². The number of nitrogens with zero attached hydrogens (tertiary/aromatic N) is 3. The third-order valence-electron chi connectivity index (χ3n) is 5.14. The van der Waals surface area contributed by atoms with Crippen molar-refractivity contribution in [1.82, 2.24) is 14.7 Å². The van der Waals surface area contributed by atoms with Crippen LogP contribution in [0.3, 0.4) is 0 Å². The van der Waals surface area contributed by atoms with E-state index in [0.29, 0.717) is 44.5 Å². The lowest BCUT2D eigenvalue weighted by Gasteiger charge is -2.26. The molecule has 2 atom stereocenters. The van der Waals surface area contributed by atoms with Crippen LogP contribution >= 0.6 is 0 Å². The first-order valence-corrected chi connectivity index (χ1v) is 8.59. The number of hydrogen-bond donors (Lipinski definition) is 1. The molecule has 1 aliphatic heterocycles. The van der Waals surface area contributed by atoms with Gasteiger partial charge in [0.05, 0.1) is 31.0 Å². The van der Waals surface area contributed by atoms with Gasteiger partial charge in [-0.15, -0.1) is 0 Å². The summed E-state index contributed by atoms with van der Waals surface area (Å²) in [6, 6.07) is 1.83. The van der Waals surface area contributed by atoms with Gasteiger partial charge in [-0.2, -0.15) is 5.10 Å². The number of ether oxygens (including phenoxy) is 1. The predicted molar refractivity (Wildman–Crippen MR) is 86.2 cm³/mol. The van der Waals surface area contributed by atoms with E-state index in [9.17, 15) is 9.90 Å². The SMILES string of the molecule is CCOCCn1nc(C)cc1C(=O)N1C[C@@H](C)[C@](O)(C2CC2)C1. The Bertz CT molecular complexity index is 582. The molecule has 0 radical (unpaired) electrons. The number of carbonyl (C=O) groups is 1. The summed E-state index contributed by atoms with van der Waals surface area (Å²) in [5.41, 5.74) is 0.713. The second-order valence-corrected chi connectivity index (χ2v) is 6.94. The van der Waals surface area contributed by atoms with Crippen molar-refractivity contribution < 1.29 is 14.6 Å². The van der Waals surface area contributed by atoms with Crippen molar-refractivity contribution in [3.8, 4) is 0 Å². The molecule has 0 unspecified atom stereocenters. The van der Waals surface area contributed by atoms with Crippen LogP contribution in [0.5, 0.6) is 0 Å². The molecule has 6 heteroatoms. The number of likely N-dealkylation sites (tertiary alicyclic amines) is 1. The number of hydrogen-bond acceptors (Lipinski definition) is 4. The van der Waals surface area contributed by atoms with Crippen molar-refractivity contribution in [3.05, 3.63) is 17.5 Å². The summed E-state index contributed by atoms with van der Waals surface area (Å²) in [4.78, 5) is 14.7. The van der Waals surface area contributed by atoms with E-state index in [1.54, 1.807) is 9.58 Å². The van der Waals surface area contributed by atoms with Crippen LogP contribution in [0.4, 0.5) is 0 Å². The number of β-amino-alcohol motifs (C(OH)–C–C–N with tert-alkyl or cyclic N) is 1. The molecule has 1 saturated heterocycles. The molecule has 1 aliphatic carbocycles. The number of aliphatic hydroxyl groups is 1. The molecule has 1 saturated carbocycles. The molecular weight excluding hydrogens is 294 g/mol. The zero-order valence-electron chi connectivity index (χ0n) is 14.3. The highest BCUT2D eigenvalue weighted by Crippen LogP contribution is 2.47. The Balaban J connectivity index is 1.73. The maximum absolute atomic E-state index is 12.9. The summed E-state index contributed by atoms with van der Waals surface area (Å²) in [5, 5.41) is 15.3. The van der Waals surface area contributed by atoms with Crippen molar-refractivity contribution in [2.45, 2.75) is 45.8 Å². The second-order valence-electron chi connectivity index (χ2n) is 6.94. The Morgan fingerprint density at radius 1 is 1.52 bits per heavy atom. The van der Waals surface area contributed by atoms with Crippen LogP contribution in [0, 0.1) is 18.8 Å². The van der Waals surface area contributed by atoms with Gasteiger partial charge in [-0.25, -0.2) is 0 Å². The number of aryl methyl sites for hydroxylation is 1. The smallest absolute Gasteiger partial charge is 0.272 e. The molecule has 2 aliphatic rings. The average molecular weight is 321 g/mol. The van der Waals surface area contributed by atoms with Crippen LogP contribution < -0.4 is 0 Å². The van der Waals surface area contributed by atoms with Crippen LogP contribution in [0.15, 0.2) is 6.07 Å². The topological polar surface area (TPSA) is 67.6 Å². The molecule has 6 nitrogen and oxygen atoms in total. The van der Waals surface area contributed by atoms with E-state index in [1.165, 1.54) is 0 Å². The highest BCUT2D eigenvalue weighted by molar-refractivity contribution is 5.93. The van der Waals surface area contributed by atoms with Gasteiger partial charge < -0.3 is 14.7 Å². The van der Waals surface area contributed by atoms with Crippen molar-refractivity contribution in [1.29, 1.82) is 0 Å². The van der Waals surface area contributed by atoms with E-state index in [-0.39, 0.29) is 11.8 Å². The van der Waals surface area contributed by atoms with Crippen LogP contribution in [0.2, 0.25) is 0 Å². The first-order chi connectivity index (χ1) is 11.0. The summed E-state index contributed by atoms with van der Waals surface area (Å²) in [7, 11) is 0. The summed E-state index contributed by atoms with van der Waals surface area (Å²) in [6.07, 6.45) is 2.16. The monoisotopic (exact) mass is 321 g/mol. The highest BCUT2D eigenvalue weighted by Gasteiger charge is 2.53. The molecule has 23 heavy (non-hydrogen) atoms. The van der Waals surface area contributed by atoms with E-state index < -0.39 is 5.60 Å². The Morgan fingerprint density at radius 2 is 2.26 bits per heavy atom. The van der Waals surface area contributed by atoms with Crippen LogP contribution in [-0.4, -0.2) is 57.6 Å². The van der Waals surface area contributed by atoms with E-state index in [1.807, 2.05) is 26.8 Å². The molecule has 2 heterocycles. The Morgan fingerprint density at radius 3 is 2.91 bits per heavy atom. The molecule has 3 rings (SSSR count). The summed E-state index contributed by atoms with van der Waals surface area (Å²) < 4.78 is 7.10. The maximum atomic E-state index is 12.9. The summed E-state index contributed by atoms with van der Waals surface area (Å²) >= 11 is 0. The van der Waals surface area contributed by atoms with E-state index in [4.69, 9.17) is 4.74 Å². The standard InChI is InChI=1S/C17H27N3O3/c1-4-23-8-7-20-15(9-13(3)18-20)16(21)19-10-12(2)17(22,11-19)14-5-6-14/h9,12,14,22H,4-8,10-11H2,1-3H3/t12-,17+/m1/s1. The largest absolute Gasteiger partial charge is 0.387 e. The van der Waals surface area contributed by atoms with Crippen molar-refractivity contribution in [2.24, 2.45) is 11.8 Å². The predicted octanol–water partition coefficient (Wildman–Crippen LogP) is 1.46. The zero-order valence-corrected chi connectivity index (χ0v) is 14.3. The number of aromatic nitrogens is 2. The second kappa shape index (κ2) is 6.24. The zero-order chi connectivity index (χ0) is 16.6. The average Bonchev–Trinajstić information content (AvgIpc) is 3.24. The molecule has 1 amide bonds. The third kappa shape index (κ3) is 3.15. The molecule has 0 aromatic carbocycles. The molecule has 1 aromatic heterocycles. The minimum atomic E-state index is -0.707. The Labute approximate surface area is 137 Å². The Kier molecular flexibility index (Phi) is 4.47. The number of amides is 1. The van der Waals surface area contributed by atoms with Gasteiger partial charge in [0.1, 0.15) is 5.69 Å². The fourth-order valence-electron chi connectivity index (χ4n) is 3.63. The van der Waals surface area contributed by atoms with Gasteiger partial charge in [-0.3, -0.25) is 9.48 Å². The first kappa shape index (κ1) is 16.5. The van der Waals surface area contributed by atoms with Crippen molar-refractivity contribution in [3.63, 3.8) is 0 Å². The summed E-state index contributed by atoms with van der Waals surface area (Å²) in [6.45, 7) is 8.70. The highest BCUT2D eigenvalue weighted by atomic mass is 16.5. The number of rotatable bonds is 6. The van der Waals surface area contributed by atoms with Gasteiger partial charge in [0.15, 0.2) is 0 Å². The molecule has 2 fully saturated rings. The van der Waals surface area contributed by atoms with Gasteiger partial charge in [0, 0.05) is 19.1 Å². The number of carbonyl (C=O) groups excluding carboxylic acids is 1. The summed E-state index contributed by atoms with van der Waals surface area (Å²) in [5.74, 6) is 0.449. The lowest BCUT2D eigenvalue weighted by molar-refractivity contribution is -0.00372. The Hall–Kier alpha value is -1.40. The van der Waals surface area contributed by atoms with Gasteiger partial charge in [0.2, 0.25) is 0 Å². The molecule has 128 valence electrons. The fourth-order valence-corrected chi connectivity index (χ4v) is 3.63. The normalized spacial score (nSPS) is 27.7. The first-order valence-electron chi connectivity index (χ1n) is 8.59. The van der Waals surface area contributed by atoms with Crippen LogP contribution in [0.25, 0.3) is 0 Å². The van der Waals surface area contributed by atoms with Crippen molar-refractivity contribution >= 4 is 5.91 Å². The van der Waals surface area contributed by atoms with E-state index in [0.717, 1.165) is 18.5 Å². The maximum Gasteiger partial charge on any atom is 0.272 e. The fraction of sp³-hybridized carbons (Fsp3) is 0.765. The lowest BCUT2D eigenvalue weighted by Crippen LogP contribution is -2.40. The van der Waals surface area contributed by atoms with Crippen molar-refractivity contribution in [2.75, 3.05) is 26.3 Å². The molecule has 1 N–H and O–H groups in total. The molecule has 0 spiro atoms. The third-order valence-corrected chi connectivity index (χ3v) is 5.14. The quantitative estimate of drug-likeness (QED) is 0.806. The molecule has 0 bridgehead atoms. The minimum Gasteiger partial charge on any atom is -0.387 e. The van der Waals surface area contributed by atoms with Gasteiger partial charge in [0.25, 0.3) is 5.91 Å². The lowest BCUT2D eigenvalue weighted by atomic mass is 9.88. The van der Waals surface area contributed by atoms with Crippen LogP contribution in [-0.2, 0) is 11.3 Å². The van der Waals surface area contributed by atoms with E-state index >= 15 is 0 Å². The van der Waals surface area contributed by atoms with Crippen LogP contribution in [0.1, 0.15) is 42.9 Å². The van der Waals surface area contributed by atoms with E-state index in [2.05, 4.69) is 5.10 Å². The van der Waals surface area contributed by atoms with Gasteiger partial charge in [-0.05, 0) is 38.7 Å². The van der Waals surface area contributed by atoms with Gasteiger partial charge in [-0.1, -0.05) is 6.92 Å². The molecule has 1 aromatic rings. The molecular formula is C17H27N3O3. The minimum absolute atomic E-state index is 0.0366.